The summed E-state index contributed by atoms with van der Waals surface area (Å²) >= 11 is 5.71. The van der Waals surface area contributed by atoms with E-state index in [1.54, 1.807) is 12.0 Å². The van der Waals surface area contributed by atoms with Gasteiger partial charge in [0.05, 0.1) is 11.5 Å². The summed E-state index contributed by atoms with van der Waals surface area (Å²) in [4.78, 5) is 27.9. The highest BCUT2D eigenvalue weighted by Crippen LogP contribution is 2.28. The van der Waals surface area contributed by atoms with Crippen molar-refractivity contribution in [3.8, 4) is 0 Å². The van der Waals surface area contributed by atoms with Gasteiger partial charge in [-0.05, 0) is 12.5 Å². The molecule has 1 atom stereocenters. The van der Waals surface area contributed by atoms with Crippen molar-refractivity contribution in [3.63, 3.8) is 0 Å². The number of amides is 1. The van der Waals surface area contributed by atoms with E-state index < -0.39 is 10.6 Å². The highest BCUT2D eigenvalue weighted by Gasteiger charge is 2.32. The first-order valence-corrected chi connectivity index (χ1v) is 6.49. The van der Waals surface area contributed by atoms with Gasteiger partial charge in [0.25, 0.3) is 5.91 Å². The summed E-state index contributed by atoms with van der Waals surface area (Å²) in [6.45, 7) is 1.66. The average molecular weight is 300 g/mol. The van der Waals surface area contributed by atoms with Gasteiger partial charge in [-0.1, -0.05) is 11.6 Å². The molecule has 2 heterocycles. The Balaban J connectivity index is 2.22. The Labute approximate surface area is 120 Å². The molecule has 0 N–H and O–H groups in total. The Bertz CT molecular complexity index is 537. The van der Waals surface area contributed by atoms with E-state index in [4.69, 9.17) is 16.3 Å². The summed E-state index contributed by atoms with van der Waals surface area (Å²) in [5, 5.41) is 10.7. The topological polar surface area (TPSA) is 85.6 Å². The molecular formula is C12H14ClN3O4. The molecule has 0 aliphatic carbocycles. The number of hydrogen-bond acceptors (Lipinski definition) is 5. The number of methoxy groups -OCH3 is 1. The lowest BCUT2D eigenvalue weighted by Crippen LogP contribution is -2.30. The van der Waals surface area contributed by atoms with Crippen LogP contribution in [0.5, 0.6) is 0 Å². The number of hydrogen-bond donors (Lipinski definition) is 0. The summed E-state index contributed by atoms with van der Waals surface area (Å²) < 4.78 is 5.06. The van der Waals surface area contributed by atoms with E-state index in [-0.39, 0.29) is 22.5 Å². The van der Waals surface area contributed by atoms with Crippen molar-refractivity contribution in [2.75, 3.05) is 26.8 Å². The van der Waals surface area contributed by atoms with Crippen molar-refractivity contribution in [3.05, 3.63) is 33.1 Å². The highest BCUT2D eigenvalue weighted by atomic mass is 35.5. The Morgan fingerprint density at radius 2 is 2.45 bits per heavy atom. The third-order valence-electron chi connectivity index (χ3n) is 3.27. The van der Waals surface area contributed by atoms with Gasteiger partial charge in [0.2, 0.25) is 5.15 Å². The third kappa shape index (κ3) is 2.88. The van der Waals surface area contributed by atoms with Crippen molar-refractivity contribution in [1.29, 1.82) is 0 Å². The van der Waals surface area contributed by atoms with Crippen LogP contribution in [-0.4, -0.2) is 47.5 Å². The van der Waals surface area contributed by atoms with Gasteiger partial charge in [-0.25, -0.2) is 4.98 Å². The van der Waals surface area contributed by atoms with Crippen molar-refractivity contribution in [2.45, 2.75) is 6.42 Å². The molecule has 20 heavy (non-hydrogen) atoms. The number of pyridine rings is 1. The summed E-state index contributed by atoms with van der Waals surface area (Å²) in [6, 6.07) is 1.33. The fourth-order valence-electron chi connectivity index (χ4n) is 2.33. The fraction of sp³-hybridized carbons (Fsp3) is 0.500. The molecule has 0 spiro atoms. The molecule has 1 amide bonds. The smallest absolute Gasteiger partial charge is 0.319 e. The normalized spacial score (nSPS) is 18.3. The molecule has 1 aliphatic heterocycles. The van der Waals surface area contributed by atoms with Crippen LogP contribution in [-0.2, 0) is 4.74 Å². The first-order valence-electron chi connectivity index (χ1n) is 6.11. The molecule has 7 nitrogen and oxygen atoms in total. The van der Waals surface area contributed by atoms with Crippen molar-refractivity contribution in [2.24, 2.45) is 5.92 Å². The second-order valence-electron chi connectivity index (χ2n) is 4.62. The molecule has 8 heteroatoms. The minimum Gasteiger partial charge on any atom is -0.384 e. The zero-order chi connectivity index (χ0) is 14.7. The molecule has 0 aromatic carbocycles. The fourth-order valence-corrected chi connectivity index (χ4v) is 2.56. The quantitative estimate of drug-likeness (QED) is 0.480. The number of likely N-dealkylation sites (tertiary alicyclic amines) is 1. The standard InChI is InChI=1S/C12H14ClN3O4/c1-20-7-8-3-5-15(6-8)12(17)9-2-4-14-11(13)10(9)16(18)19/h2,4,8H,3,5-7H2,1H3. The summed E-state index contributed by atoms with van der Waals surface area (Å²) in [5.41, 5.74) is -0.456. The van der Waals surface area contributed by atoms with Crippen LogP contribution in [0.25, 0.3) is 0 Å². The summed E-state index contributed by atoms with van der Waals surface area (Å²) in [7, 11) is 1.61. The zero-order valence-electron chi connectivity index (χ0n) is 10.9. The van der Waals surface area contributed by atoms with Crippen LogP contribution in [0.3, 0.4) is 0 Å². The number of halogens is 1. The van der Waals surface area contributed by atoms with Crippen molar-refractivity contribution >= 4 is 23.2 Å². The van der Waals surface area contributed by atoms with E-state index in [1.807, 2.05) is 0 Å². The van der Waals surface area contributed by atoms with E-state index in [0.29, 0.717) is 19.7 Å². The lowest BCUT2D eigenvalue weighted by atomic mass is 10.1. The minimum absolute atomic E-state index is 0.0203. The number of carbonyl (C=O) groups excluding carboxylic acids is 1. The van der Waals surface area contributed by atoms with Gasteiger partial charge < -0.3 is 9.64 Å². The van der Waals surface area contributed by atoms with Crippen LogP contribution < -0.4 is 0 Å². The number of nitro groups is 1. The minimum atomic E-state index is -0.675. The largest absolute Gasteiger partial charge is 0.384 e. The first-order chi connectivity index (χ1) is 9.54. The molecule has 1 unspecified atom stereocenters. The van der Waals surface area contributed by atoms with Crippen LogP contribution in [0.4, 0.5) is 5.69 Å². The Morgan fingerprint density at radius 1 is 1.70 bits per heavy atom. The molecule has 1 fully saturated rings. The van der Waals surface area contributed by atoms with Gasteiger partial charge in [-0.15, -0.1) is 0 Å². The molecule has 0 radical (unpaired) electrons. The summed E-state index contributed by atoms with van der Waals surface area (Å²) in [5.74, 6) is -0.125. The molecule has 0 bridgehead atoms. The molecular weight excluding hydrogens is 286 g/mol. The lowest BCUT2D eigenvalue weighted by molar-refractivity contribution is -0.385. The predicted molar refractivity (Wildman–Crippen MR) is 71.8 cm³/mol. The molecule has 0 saturated carbocycles. The monoisotopic (exact) mass is 299 g/mol. The number of aromatic nitrogens is 1. The van der Waals surface area contributed by atoms with Crippen LogP contribution in [0.2, 0.25) is 5.15 Å². The number of carbonyl (C=O) groups is 1. The van der Waals surface area contributed by atoms with Crippen LogP contribution >= 0.6 is 11.6 Å². The van der Waals surface area contributed by atoms with E-state index in [1.165, 1.54) is 12.3 Å². The van der Waals surface area contributed by atoms with Crippen LogP contribution in [0, 0.1) is 16.0 Å². The number of ether oxygens (including phenoxy) is 1. The maximum Gasteiger partial charge on any atom is 0.319 e. The summed E-state index contributed by atoms with van der Waals surface area (Å²) in [6.07, 6.45) is 2.12. The lowest BCUT2D eigenvalue weighted by Gasteiger charge is -2.16. The van der Waals surface area contributed by atoms with Crippen molar-refractivity contribution < 1.29 is 14.5 Å². The van der Waals surface area contributed by atoms with Crippen LogP contribution in [0.15, 0.2) is 12.3 Å². The third-order valence-corrected chi connectivity index (χ3v) is 3.54. The SMILES string of the molecule is COCC1CCN(C(=O)c2ccnc(Cl)c2[N+](=O)[O-])C1. The van der Waals surface area contributed by atoms with E-state index in [2.05, 4.69) is 4.98 Å². The molecule has 1 aliphatic rings. The van der Waals surface area contributed by atoms with Gasteiger partial charge >= 0.3 is 5.69 Å². The molecule has 1 aromatic rings. The predicted octanol–water partition coefficient (Wildman–Crippen LogP) is 1.75. The average Bonchev–Trinajstić information content (AvgIpc) is 2.86. The van der Waals surface area contributed by atoms with Gasteiger partial charge in [0, 0.05) is 32.3 Å². The Hall–Kier alpha value is -1.73. The molecule has 2 rings (SSSR count). The molecule has 1 aromatic heterocycles. The van der Waals surface area contributed by atoms with E-state index in [9.17, 15) is 14.9 Å². The Morgan fingerprint density at radius 3 is 3.10 bits per heavy atom. The molecule has 1 saturated heterocycles. The van der Waals surface area contributed by atoms with Crippen LogP contribution in [0.1, 0.15) is 16.8 Å². The Kier molecular flexibility index (Phi) is 4.51. The highest BCUT2D eigenvalue weighted by molar-refractivity contribution is 6.32. The number of rotatable bonds is 4. The zero-order valence-corrected chi connectivity index (χ0v) is 11.7. The molecule has 108 valence electrons. The second-order valence-corrected chi connectivity index (χ2v) is 4.97. The van der Waals surface area contributed by atoms with Gasteiger partial charge in [-0.2, -0.15) is 0 Å². The van der Waals surface area contributed by atoms with E-state index >= 15 is 0 Å². The maximum absolute atomic E-state index is 12.4. The van der Waals surface area contributed by atoms with Crippen molar-refractivity contribution in [1.82, 2.24) is 9.88 Å². The maximum atomic E-state index is 12.4. The van der Waals surface area contributed by atoms with Gasteiger partial charge in [-0.3, -0.25) is 14.9 Å². The van der Waals surface area contributed by atoms with Gasteiger partial charge in [0.1, 0.15) is 5.56 Å². The van der Waals surface area contributed by atoms with Gasteiger partial charge in [0.15, 0.2) is 0 Å². The van der Waals surface area contributed by atoms with E-state index in [0.717, 1.165) is 6.42 Å². The first kappa shape index (κ1) is 14.7. The number of nitrogens with zero attached hydrogens (tertiary/aromatic N) is 3. The second kappa shape index (κ2) is 6.15.